The zero-order valence-corrected chi connectivity index (χ0v) is 22.3. The van der Waals surface area contributed by atoms with Crippen LogP contribution in [0.2, 0.25) is 0 Å². The third-order valence-electron chi connectivity index (χ3n) is 6.33. The molecule has 8 nitrogen and oxygen atoms in total. The van der Waals surface area contributed by atoms with Crippen molar-refractivity contribution in [1.29, 1.82) is 0 Å². The van der Waals surface area contributed by atoms with E-state index in [2.05, 4.69) is 4.90 Å². The van der Waals surface area contributed by atoms with Gasteiger partial charge in [-0.25, -0.2) is 17.8 Å². The molecule has 3 aromatic rings. The van der Waals surface area contributed by atoms with Crippen LogP contribution in [0.25, 0.3) is 10.2 Å². The molecule has 0 aliphatic carbocycles. The fourth-order valence-corrected chi connectivity index (χ4v) is 6.84. The van der Waals surface area contributed by atoms with Crippen LogP contribution in [0.15, 0.2) is 47.4 Å². The lowest BCUT2D eigenvalue weighted by Gasteiger charge is -2.33. The number of anilines is 1. The molecule has 194 valence electrons. The number of fused-ring (bicyclic) bond motifs is 1. The minimum absolute atomic E-state index is 0.0365. The van der Waals surface area contributed by atoms with E-state index in [0.29, 0.717) is 30.3 Å². The van der Waals surface area contributed by atoms with E-state index in [0.717, 1.165) is 35.3 Å². The third kappa shape index (κ3) is 5.69. The molecule has 0 radical (unpaired) electrons. The van der Waals surface area contributed by atoms with Crippen molar-refractivity contribution in [2.24, 2.45) is 5.92 Å². The number of thiazole rings is 1. The normalized spacial score (nSPS) is 15.5. The van der Waals surface area contributed by atoms with E-state index in [4.69, 9.17) is 9.72 Å². The summed E-state index contributed by atoms with van der Waals surface area (Å²) in [7, 11) is 1.85. The van der Waals surface area contributed by atoms with Crippen LogP contribution in [-0.4, -0.2) is 75.9 Å². The molecular formula is C25H31FN4O4S2. The van der Waals surface area contributed by atoms with E-state index >= 15 is 0 Å². The molecule has 1 saturated heterocycles. The second-order valence-corrected chi connectivity index (χ2v) is 12.0. The number of ether oxygens (including phenoxy) is 1. The molecule has 0 unspecified atom stereocenters. The van der Waals surface area contributed by atoms with Gasteiger partial charge in [-0.3, -0.25) is 9.69 Å². The number of carbonyl (C=O) groups excluding carboxylic acids is 1. The van der Waals surface area contributed by atoms with Gasteiger partial charge in [-0.15, -0.1) is 0 Å². The second kappa shape index (κ2) is 11.2. The van der Waals surface area contributed by atoms with Crippen LogP contribution in [-0.2, 0) is 14.8 Å². The Morgan fingerprint density at radius 1 is 1.14 bits per heavy atom. The molecule has 11 heteroatoms. The van der Waals surface area contributed by atoms with E-state index < -0.39 is 15.8 Å². The van der Waals surface area contributed by atoms with Gasteiger partial charge in [0.05, 0.1) is 16.7 Å². The van der Waals surface area contributed by atoms with E-state index in [1.165, 1.54) is 27.8 Å². The summed E-state index contributed by atoms with van der Waals surface area (Å²) in [4.78, 5) is 22.3. The topological polar surface area (TPSA) is 83.0 Å². The number of amides is 1. The van der Waals surface area contributed by atoms with Crippen LogP contribution in [0.4, 0.5) is 9.52 Å². The summed E-state index contributed by atoms with van der Waals surface area (Å²) in [6.07, 6.45) is 1.61. The van der Waals surface area contributed by atoms with Crippen LogP contribution < -0.4 is 9.64 Å². The van der Waals surface area contributed by atoms with Gasteiger partial charge >= 0.3 is 0 Å². The first-order valence-corrected chi connectivity index (χ1v) is 14.1. The molecule has 0 N–H and O–H groups in total. The number of benzene rings is 2. The molecule has 0 spiro atoms. The molecule has 0 atom stereocenters. The summed E-state index contributed by atoms with van der Waals surface area (Å²) < 4.78 is 47.0. The number of hydrogen-bond acceptors (Lipinski definition) is 7. The van der Waals surface area contributed by atoms with Gasteiger partial charge in [0.15, 0.2) is 5.13 Å². The molecule has 2 aromatic carbocycles. The quantitative estimate of drug-likeness (QED) is 0.415. The van der Waals surface area contributed by atoms with Crippen LogP contribution in [0.3, 0.4) is 0 Å². The van der Waals surface area contributed by atoms with Crippen LogP contribution in [0, 0.1) is 11.7 Å². The Morgan fingerprint density at radius 2 is 1.83 bits per heavy atom. The van der Waals surface area contributed by atoms with Crippen LogP contribution in [0.5, 0.6) is 5.75 Å². The highest BCUT2D eigenvalue weighted by Gasteiger charge is 2.35. The van der Waals surface area contributed by atoms with E-state index in [1.54, 1.807) is 12.0 Å². The van der Waals surface area contributed by atoms with Crippen molar-refractivity contribution < 1.29 is 22.3 Å². The number of rotatable bonds is 9. The standard InChI is InChI=1S/C25H31FN4O4S2/c1-28(2)14-5-15-30(25-27-23-21(34-3)6-4-7-22(23)35-25)24(31)18-12-16-29(17-13-18)36(32,33)20-10-8-19(26)9-11-20/h4,6-11,18H,5,12-17H2,1-3H3. The summed E-state index contributed by atoms with van der Waals surface area (Å²) in [5, 5.41) is 0.625. The lowest BCUT2D eigenvalue weighted by Crippen LogP contribution is -2.45. The summed E-state index contributed by atoms with van der Waals surface area (Å²) >= 11 is 1.45. The monoisotopic (exact) mass is 534 g/mol. The highest BCUT2D eigenvalue weighted by Crippen LogP contribution is 2.35. The van der Waals surface area contributed by atoms with Crippen molar-refractivity contribution in [2.45, 2.75) is 24.2 Å². The number of nitrogens with zero attached hydrogens (tertiary/aromatic N) is 4. The minimum Gasteiger partial charge on any atom is -0.494 e. The van der Waals surface area contributed by atoms with Crippen molar-refractivity contribution in [3.8, 4) is 5.75 Å². The van der Waals surface area contributed by atoms with Crippen LogP contribution in [0.1, 0.15) is 19.3 Å². The molecule has 1 aromatic heterocycles. The maximum Gasteiger partial charge on any atom is 0.243 e. The van der Waals surface area contributed by atoms with Crippen molar-refractivity contribution >= 4 is 42.6 Å². The van der Waals surface area contributed by atoms with E-state index in [9.17, 15) is 17.6 Å². The number of hydrogen-bond donors (Lipinski definition) is 0. The van der Waals surface area contributed by atoms with Gasteiger partial charge in [0, 0.05) is 25.6 Å². The smallest absolute Gasteiger partial charge is 0.243 e. The molecule has 2 heterocycles. The summed E-state index contributed by atoms with van der Waals surface area (Å²) in [6.45, 7) is 1.81. The van der Waals surface area contributed by atoms with Crippen molar-refractivity contribution in [1.82, 2.24) is 14.2 Å². The fraction of sp³-hybridized carbons (Fsp3) is 0.440. The number of aromatic nitrogens is 1. The van der Waals surface area contributed by atoms with Gasteiger partial charge in [-0.2, -0.15) is 4.31 Å². The van der Waals surface area contributed by atoms with Gasteiger partial charge in [0.25, 0.3) is 0 Å². The molecular weight excluding hydrogens is 503 g/mol. The first-order valence-electron chi connectivity index (χ1n) is 11.9. The average Bonchev–Trinajstić information content (AvgIpc) is 3.30. The summed E-state index contributed by atoms with van der Waals surface area (Å²) in [5.74, 6) is -0.168. The largest absolute Gasteiger partial charge is 0.494 e. The Bertz CT molecular complexity index is 1300. The highest BCUT2D eigenvalue weighted by molar-refractivity contribution is 7.89. The van der Waals surface area contributed by atoms with Gasteiger partial charge < -0.3 is 9.64 Å². The number of sulfonamides is 1. The Labute approximate surface area is 215 Å². The molecule has 0 bridgehead atoms. The van der Waals surface area contributed by atoms with E-state index in [-0.39, 0.29) is 29.8 Å². The van der Waals surface area contributed by atoms with E-state index in [1.807, 2.05) is 32.3 Å². The Kier molecular flexibility index (Phi) is 8.23. The number of para-hydroxylation sites is 1. The second-order valence-electron chi connectivity index (χ2n) is 9.08. The zero-order chi connectivity index (χ0) is 25.9. The fourth-order valence-electron chi connectivity index (χ4n) is 4.36. The Morgan fingerprint density at radius 3 is 2.47 bits per heavy atom. The molecule has 1 fully saturated rings. The average molecular weight is 535 g/mol. The van der Waals surface area contributed by atoms with Gasteiger partial charge in [-0.05, 0) is 76.3 Å². The van der Waals surface area contributed by atoms with Crippen LogP contribution >= 0.6 is 11.3 Å². The Hall–Kier alpha value is -2.60. The maximum absolute atomic E-state index is 13.7. The number of halogens is 1. The molecule has 1 aliphatic heterocycles. The third-order valence-corrected chi connectivity index (χ3v) is 9.29. The molecule has 4 rings (SSSR count). The molecule has 1 amide bonds. The minimum atomic E-state index is -3.74. The van der Waals surface area contributed by atoms with Gasteiger partial charge in [0.2, 0.25) is 15.9 Å². The van der Waals surface area contributed by atoms with Gasteiger partial charge in [0.1, 0.15) is 17.1 Å². The molecule has 36 heavy (non-hydrogen) atoms. The first kappa shape index (κ1) is 26.5. The summed E-state index contributed by atoms with van der Waals surface area (Å²) in [5.41, 5.74) is 0.727. The lowest BCUT2D eigenvalue weighted by atomic mass is 9.96. The Balaban J connectivity index is 1.51. The molecule has 1 aliphatic rings. The number of methoxy groups -OCH3 is 1. The maximum atomic E-state index is 13.7. The zero-order valence-electron chi connectivity index (χ0n) is 20.7. The predicted molar refractivity (Wildman–Crippen MR) is 140 cm³/mol. The highest BCUT2D eigenvalue weighted by atomic mass is 32.2. The summed E-state index contributed by atoms with van der Waals surface area (Å²) in [6, 6.07) is 10.5. The predicted octanol–water partition coefficient (Wildman–Crippen LogP) is 3.83. The van der Waals surface area contributed by atoms with Crippen molar-refractivity contribution in [2.75, 3.05) is 52.3 Å². The number of carbonyl (C=O) groups is 1. The SMILES string of the molecule is COc1cccc2sc(N(CCCN(C)C)C(=O)C3CCN(S(=O)(=O)c4ccc(F)cc4)CC3)nc12. The molecule has 0 saturated carbocycles. The lowest BCUT2D eigenvalue weighted by molar-refractivity contribution is -0.123. The van der Waals surface area contributed by atoms with Gasteiger partial charge in [-0.1, -0.05) is 17.4 Å². The van der Waals surface area contributed by atoms with Crippen molar-refractivity contribution in [3.05, 3.63) is 48.3 Å². The number of piperidine rings is 1. The first-order chi connectivity index (χ1) is 17.2. The van der Waals surface area contributed by atoms with Crippen molar-refractivity contribution in [3.63, 3.8) is 0 Å².